The molecular formula is C27H29N5O. The van der Waals surface area contributed by atoms with Crippen LogP contribution in [0, 0.1) is 5.92 Å². The van der Waals surface area contributed by atoms with Crippen molar-refractivity contribution < 1.29 is 4.74 Å². The Hall–Kier alpha value is -3.38. The molecule has 0 amide bonds. The Balaban J connectivity index is 1.25. The summed E-state index contributed by atoms with van der Waals surface area (Å²) in [6.45, 7) is 3.77. The number of para-hydroxylation sites is 1. The van der Waals surface area contributed by atoms with E-state index in [4.69, 9.17) is 15.5 Å². The van der Waals surface area contributed by atoms with Gasteiger partial charge in [-0.25, -0.2) is 9.97 Å². The normalized spacial score (nSPS) is 20.7. The topological polar surface area (TPSA) is 68.7 Å². The molecule has 1 aliphatic heterocycles. The summed E-state index contributed by atoms with van der Waals surface area (Å²) >= 11 is 0. The smallest absolute Gasteiger partial charge is 0.150 e. The van der Waals surface area contributed by atoms with Gasteiger partial charge in [0, 0.05) is 30.4 Å². The quantitative estimate of drug-likeness (QED) is 0.438. The van der Waals surface area contributed by atoms with Gasteiger partial charge in [0.05, 0.1) is 0 Å². The van der Waals surface area contributed by atoms with Crippen molar-refractivity contribution >= 4 is 11.3 Å². The summed E-state index contributed by atoms with van der Waals surface area (Å²) in [5.41, 5.74) is 9.14. The molecule has 1 saturated heterocycles. The Labute approximate surface area is 194 Å². The van der Waals surface area contributed by atoms with Gasteiger partial charge in [-0.15, -0.1) is 0 Å². The molecular weight excluding hydrogens is 410 g/mol. The second-order valence-corrected chi connectivity index (χ2v) is 9.33. The number of nitrogens with zero attached hydrogens (tertiary/aromatic N) is 4. The molecule has 2 aliphatic rings. The number of fused-ring (bicyclic) bond motifs is 1. The van der Waals surface area contributed by atoms with E-state index in [1.54, 1.807) is 6.20 Å². The minimum Gasteiger partial charge on any atom is -0.457 e. The van der Waals surface area contributed by atoms with Crippen molar-refractivity contribution in [2.24, 2.45) is 5.92 Å². The van der Waals surface area contributed by atoms with Gasteiger partial charge in [-0.3, -0.25) is 4.40 Å². The molecule has 0 spiro atoms. The number of benzene rings is 2. The summed E-state index contributed by atoms with van der Waals surface area (Å²) in [5.74, 6) is 4.49. The zero-order valence-corrected chi connectivity index (χ0v) is 18.7. The molecule has 6 heteroatoms. The molecule has 6 nitrogen and oxygen atoms in total. The molecule has 0 unspecified atom stereocenters. The maximum Gasteiger partial charge on any atom is 0.150 e. The van der Waals surface area contributed by atoms with E-state index >= 15 is 0 Å². The Morgan fingerprint density at radius 2 is 1.67 bits per heavy atom. The zero-order chi connectivity index (χ0) is 22.2. The number of hydrogen-bond acceptors (Lipinski definition) is 5. The largest absolute Gasteiger partial charge is 0.457 e. The Morgan fingerprint density at radius 3 is 2.42 bits per heavy atom. The first kappa shape index (κ1) is 20.2. The Bertz CT molecular complexity index is 1240. The number of rotatable bonds is 6. The summed E-state index contributed by atoms with van der Waals surface area (Å²) < 4.78 is 8.11. The lowest BCUT2D eigenvalue weighted by Crippen LogP contribution is -2.34. The fourth-order valence-electron chi connectivity index (χ4n) is 5.31. The summed E-state index contributed by atoms with van der Waals surface area (Å²) in [7, 11) is 0. The SMILES string of the molecule is Nc1nccn2c1c(-c1ccc(Oc3ccccc3)cc1)nc2[C@H]1C[C@@H](CN2CCCC2)C1. The molecule has 2 N–H and O–H groups in total. The number of anilines is 1. The number of aromatic nitrogens is 3. The molecule has 3 heterocycles. The summed E-state index contributed by atoms with van der Waals surface area (Å²) in [6, 6.07) is 17.9. The second kappa shape index (κ2) is 8.52. The molecule has 33 heavy (non-hydrogen) atoms. The molecule has 1 aliphatic carbocycles. The summed E-state index contributed by atoms with van der Waals surface area (Å²) in [4.78, 5) is 12.1. The van der Waals surface area contributed by atoms with E-state index in [9.17, 15) is 0 Å². The van der Waals surface area contributed by atoms with Crippen LogP contribution in [0.15, 0.2) is 67.0 Å². The average molecular weight is 440 g/mol. The molecule has 1 saturated carbocycles. The highest BCUT2D eigenvalue weighted by molar-refractivity contribution is 5.85. The van der Waals surface area contributed by atoms with Crippen LogP contribution in [-0.2, 0) is 0 Å². The summed E-state index contributed by atoms with van der Waals surface area (Å²) in [5, 5.41) is 0. The average Bonchev–Trinajstić information content (AvgIpc) is 3.46. The van der Waals surface area contributed by atoms with Gasteiger partial charge < -0.3 is 15.4 Å². The number of imidazole rings is 1. The van der Waals surface area contributed by atoms with Crippen molar-refractivity contribution in [3.05, 3.63) is 72.8 Å². The predicted molar refractivity (Wildman–Crippen MR) is 130 cm³/mol. The van der Waals surface area contributed by atoms with E-state index in [1.807, 2.05) is 60.8 Å². The predicted octanol–water partition coefficient (Wildman–Crippen LogP) is 5.36. The number of hydrogen-bond donors (Lipinski definition) is 1. The van der Waals surface area contributed by atoms with Crippen LogP contribution in [0.4, 0.5) is 5.82 Å². The third-order valence-electron chi connectivity index (χ3n) is 7.03. The van der Waals surface area contributed by atoms with Crippen molar-refractivity contribution in [1.29, 1.82) is 0 Å². The first-order valence-electron chi connectivity index (χ1n) is 11.9. The van der Waals surface area contributed by atoms with E-state index in [0.717, 1.165) is 40.0 Å². The highest BCUT2D eigenvalue weighted by Gasteiger charge is 2.35. The van der Waals surface area contributed by atoms with Crippen LogP contribution in [0.2, 0.25) is 0 Å². The summed E-state index contributed by atoms with van der Waals surface area (Å²) in [6.07, 6.45) is 8.87. The zero-order valence-electron chi connectivity index (χ0n) is 18.7. The van der Waals surface area contributed by atoms with Gasteiger partial charge in [0.1, 0.15) is 34.4 Å². The van der Waals surface area contributed by atoms with Crippen molar-refractivity contribution in [2.45, 2.75) is 31.6 Å². The molecule has 168 valence electrons. The highest BCUT2D eigenvalue weighted by atomic mass is 16.5. The van der Waals surface area contributed by atoms with E-state index in [2.05, 4.69) is 14.3 Å². The number of nitrogen functional groups attached to an aromatic ring is 1. The molecule has 0 bridgehead atoms. The first-order chi connectivity index (χ1) is 16.2. The van der Waals surface area contributed by atoms with Crippen LogP contribution in [0.1, 0.15) is 37.4 Å². The molecule has 2 aromatic carbocycles. The maximum absolute atomic E-state index is 6.33. The molecule has 0 atom stereocenters. The van der Waals surface area contributed by atoms with Gasteiger partial charge in [-0.2, -0.15) is 0 Å². The van der Waals surface area contributed by atoms with Gasteiger partial charge in [0.2, 0.25) is 0 Å². The second-order valence-electron chi connectivity index (χ2n) is 9.33. The molecule has 0 radical (unpaired) electrons. The fraction of sp³-hybridized carbons (Fsp3) is 0.333. The fourth-order valence-corrected chi connectivity index (χ4v) is 5.31. The van der Waals surface area contributed by atoms with Crippen molar-refractivity contribution in [2.75, 3.05) is 25.4 Å². The lowest BCUT2D eigenvalue weighted by atomic mass is 9.74. The van der Waals surface area contributed by atoms with Crippen LogP contribution in [0.3, 0.4) is 0 Å². The number of likely N-dealkylation sites (tertiary alicyclic amines) is 1. The van der Waals surface area contributed by atoms with Crippen LogP contribution in [-0.4, -0.2) is 38.9 Å². The van der Waals surface area contributed by atoms with Crippen LogP contribution >= 0.6 is 0 Å². The van der Waals surface area contributed by atoms with Gasteiger partial charge >= 0.3 is 0 Å². The molecule has 6 rings (SSSR count). The molecule has 2 fully saturated rings. The molecule has 4 aromatic rings. The monoisotopic (exact) mass is 439 g/mol. The third kappa shape index (κ3) is 3.95. The lowest BCUT2D eigenvalue weighted by molar-refractivity contribution is 0.176. The first-order valence-corrected chi connectivity index (χ1v) is 11.9. The van der Waals surface area contributed by atoms with Crippen molar-refractivity contribution in [3.63, 3.8) is 0 Å². The van der Waals surface area contributed by atoms with Crippen molar-refractivity contribution in [3.8, 4) is 22.8 Å². The van der Waals surface area contributed by atoms with Crippen LogP contribution in [0.25, 0.3) is 16.8 Å². The van der Waals surface area contributed by atoms with E-state index in [0.29, 0.717) is 11.7 Å². The standard InChI is InChI=1S/C27H29N5O/c28-26-25-24(20-8-10-23(11-9-20)33-22-6-2-1-3-7-22)30-27(32(25)15-12-29-26)21-16-19(17-21)18-31-13-4-5-14-31/h1-3,6-12,15,19,21H,4-5,13-14,16-18H2,(H2,28,29)/t19-,21+. The maximum atomic E-state index is 6.33. The molecule has 2 aromatic heterocycles. The highest BCUT2D eigenvalue weighted by Crippen LogP contribution is 2.43. The van der Waals surface area contributed by atoms with E-state index < -0.39 is 0 Å². The lowest BCUT2D eigenvalue weighted by Gasteiger charge is -2.37. The Kier molecular flexibility index (Phi) is 5.23. The van der Waals surface area contributed by atoms with E-state index in [1.165, 1.54) is 45.3 Å². The van der Waals surface area contributed by atoms with E-state index in [-0.39, 0.29) is 0 Å². The van der Waals surface area contributed by atoms with Gasteiger partial charge in [0.25, 0.3) is 0 Å². The van der Waals surface area contributed by atoms with Crippen LogP contribution < -0.4 is 10.5 Å². The van der Waals surface area contributed by atoms with Gasteiger partial charge in [-0.05, 0) is 81.1 Å². The van der Waals surface area contributed by atoms with Gasteiger partial charge in [-0.1, -0.05) is 18.2 Å². The van der Waals surface area contributed by atoms with Crippen molar-refractivity contribution in [1.82, 2.24) is 19.3 Å². The minimum atomic E-state index is 0.473. The number of ether oxygens (including phenoxy) is 1. The Morgan fingerprint density at radius 1 is 0.939 bits per heavy atom. The minimum absolute atomic E-state index is 0.473. The third-order valence-corrected chi connectivity index (χ3v) is 7.03. The van der Waals surface area contributed by atoms with Crippen LogP contribution in [0.5, 0.6) is 11.5 Å². The van der Waals surface area contributed by atoms with Gasteiger partial charge in [0.15, 0.2) is 0 Å². The number of nitrogens with two attached hydrogens (primary N) is 1.